The Morgan fingerprint density at radius 1 is 0.426 bits per heavy atom. The Kier molecular flexibility index (Phi) is 6.80. The number of hydrogen-bond donors (Lipinski definition) is 0. The third-order valence-corrected chi connectivity index (χ3v) is 20.6. The third-order valence-electron chi connectivity index (χ3n) is 12.4. The van der Waals surface area contributed by atoms with Gasteiger partial charge in [0, 0.05) is 37.1 Å². The summed E-state index contributed by atoms with van der Waals surface area (Å²) in [6.07, 6.45) is 0. The predicted octanol–water partition coefficient (Wildman–Crippen LogP) is 12.0. The quantitative estimate of drug-likeness (QED) is 0.162. The van der Waals surface area contributed by atoms with Crippen molar-refractivity contribution in [2.75, 3.05) is 4.90 Å². The molecule has 0 unspecified atom stereocenters. The highest BCUT2D eigenvalue weighted by Crippen LogP contribution is 2.46. The highest BCUT2D eigenvalue weighted by atomic mass is 32.1. The molecule has 0 N–H and O–H groups in total. The van der Waals surface area contributed by atoms with Gasteiger partial charge in [0.1, 0.15) is 16.1 Å². The van der Waals surface area contributed by atoms with E-state index in [-0.39, 0.29) is 0 Å². The summed E-state index contributed by atoms with van der Waals surface area (Å²) in [4.78, 5) is 2.57. The Balaban J connectivity index is 1.15. The second-order valence-corrected chi connectivity index (χ2v) is 25.9. The molecule has 0 aliphatic carbocycles. The van der Waals surface area contributed by atoms with Crippen molar-refractivity contribution < 1.29 is 0 Å². The largest absolute Gasteiger partial charge is 0.310 e. The fourth-order valence-corrected chi connectivity index (χ4v) is 17.0. The summed E-state index contributed by atoms with van der Waals surface area (Å²) in [5, 5.41) is 11.5. The molecule has 0 bridgehead atoms. The second kappa shape index (κ2) is 11.5. The lowest BCUT2D eigenvalue weighted by molar-refractivity contribution is 1.29. The summed E-state index contributed by atoms with van der Waals surface area (Å²) in [5.74, 6) is 0. The highest BCUT2D eigenvalue weighted by Gasteiger charge is 2.41. The minimum Gasteiger partial charge on any atom is -0.310 e. The molecule has 0 fully saturated rings. The average molecular weight is 742 g/mol. The summed E-state index contributed by atoms with van der Waals surface area (Å²) in [6.45, 7) is 10.1. The van der Waals surface area contributed by atoms with Crippen LogP contribution in [0.4, 0.5) is 17.1 Å². The zero-order valence-electron chi connectivity index (χ0n) is 30.9. The van der Waals surface area contributed by atoms with Crippen LogP contribution < -0.4 is 25.6 Å². The molecule has 4 heteroatoms. The van der Waals surface area contributed by atoms with Gasteiger partial charge in [0.15, 0.2) is 0 Å². The van der Waals surface area contributed by atoms with Gasteiger partial charge in [-0.3, -0.25) is 0 Å². The van der Waals surface area contributed by atoms with Crippen molar-refractivity contribution in [1.29, 1.82) is 0 Å². The van der Waals surface area contributed by atoms with Crippen molar-refractivity contribution in [2.45, 2.75) is 26.2 Å². The smallest absolute Gasteiger partial charge is 0.113 e. The lowest BCUT2D eigenvalue weighted by Gasteiger charge is -2.30. The summed E-state index contributed by atoms with van der Waals surface area (Å²) in [7, 11) is -3.94. The number of rotatable bonds is 4. The molecule has 2 aliphatic heterocycles. The number of hydrogen-bond acceptors (Lipinski definition) is 2. The topological polar surface area (TPSA) is 3.24 Å². The zero-order chi connectivity index (χ0) is 36.3. The van der Waals surface area contributed by atoms with E-state index in [4.69, 9.17) is 0 Å². The Bertz CT molecular complexity index is 3020. The maximum atomic E-state index is 2.57. The molecule has 1 nitrogen and oxygen atoms in total. The SMILES string of the molecule is C[Si]1(C)c2ccccc2-c2c(N(c3cccc(-c4ccc5ccccc5c4)c3)c3ccc4c(c3)[Si](C)(C)c3ccc5sc6ccccc6c5c3-4)cccc21. The minimum absolute atomic E-state index is 1.18. The van der Waals surface area contributed by atoms with Crippen LogP contribution in [-0.2, 0) is 0 Å². The number of thiophene rings is 1. The molecular formula is C50H39NSSi2. The van der Waals surface area contributed by atoms with E-state index < -0.39 is 16.1 Å². The molecule has 0 amide bonds. The van der Waals surface area contributed by atoms with Gasteiger partial charge in [-0.1, -0.05) is 141 Å². The molecule has 11 rings (SSSR count). The van der Waals surface area contributed by atoms with E-state index in [1.54, 1.807) is 5.19 Å². The first-order chi connectivity index (χ1) is 26.3. The van der Waals surface area contributed by atoms with Gasteiger partial charge in [-0.2, -0.15) is 0 Å². The van der Waals surface area contributed by atoms with Crippen molar-refractivity contribution >= 4 is 96.2 Å². The van der Waals surface area contributed by atoms with Crippen LogP contribution in [0.3, 0.4) is 0 Å². The molecule has 1 aromatic heterocycles. The molecule has 0 radical (unpaired) electrons. The predicted molar refractivity (Wildman–Crippen MR) is 241 cm³/mol. The first-order valence-corrected chi connectivity index (χ1v) is 25.8. The van der Waals surface area contributed by atoms with Gasteiger partial charge in [-0.05, 0) is 108 Å². The minimum atomic E-state index is -2.04. The third kappa shape index (κ3) is 4.48. The molecule has 0 spiro atoms. The second-order valence-electron chi connectivity index (χ2n) is 16.1. The van der Waals surface area contributed by atoms with Gasteiger partial charge in [-0.25, -0.2) is 0 Å². The summed E-state index contributed by atoms with van der Waals surface area (Å²) in [5.41, 5.74) is 11.8. The maximum Gasteiger partial charge on any atom is 0.113 e. The zero-order valence-corrected chi connectivity index (χ0v) is 33.8. The molecule has 2 aliphatic rings. The fraction of sp³-hybridized carbons (Fsp3) is 0.0800. The van der Waals surface area contributed by atoms with Crippen LogP contribution in [0.15, 0.2) is 164 Å². The number of benzene rings is 8. The van der Waals surface area contributed by atoms with Gasteiger partial charge in [0.25, 0.3) is 0 Å². The first kappa shape index (κ1) is 32.0. The molecule has 0 saturated heterocycles. The van der Waals surface area contributed by atoms with Crippen LogP contribution in [-0.4, -0.2) is 16.1 Å². The monoisotopic (exact) mass is 741 g/mol. The maximum absolute atomic E-state index is 2.57. The van der Waals surface area contributed by atoms with Crippen LogP contribution in [0.25, 0.3) is 64.3 Å². The van der Waals surface area contributed by atoms with Crippen LogP contribution >= 0.6 is 11.3 Å². The van der Waals surface area contributed by atoms with Crippen molar-refractivity contribution in [2.24, 2.45) is 0 Å². The van der Waals surface area contributed by atoms with Gasteiger partial charge in [0.05, 0.1) is 5.69 Å². The lowest BCUT2D eigenvalue weighted by Crippen LogP contribution is -2.49. The van der Waals surface area contributed by atoms with Gasteiger partial charge < -0.3 is 4.90 Å². The number of anilines is 3. The fourth-order valence-electron chi connectivity index (χ4n) is 9.71. The van der Waals surface area contributed by atoms with Gasteiger partial charge in [0.2, 0.25) is 0 Å². The highest BCUT2D eigenvalue weighted by molar-refractivity contribution is 7.26. The van der Waals surface area contributed by atoms with Crippen molar-refractivity contribution in [3.8, 4) is 33.4 Å². The van der Waals surface area contributed by atoms with E-state index in [0.29, 0.717) is 0 Å². The molecule has 0 saturated carbocycles. The van der Waals surface area contributed by atoms with E-state index in [0.717, 1.165) is 0 Å². The Hall–Kier alpha value is -5.53. The average Bonchev–Trinajstić information content (AvgIpc) is 3.78. The van der Waals surface area contributed by atoms with E-state index >= 15 is 0 Å². The molecule has 258 valence electrons. The van der Waals surface area contributed by atoms with Crippen LogP contribution in [0, 0.1) is 0 Å². The van der Waals surface area contributed by atoms with E-state index in [1.165, 1.54) is 96.9 Å². The van der Waals surface area contributed by atoms with E-state index in [1.807, 2.05) is 11.3 Å². The Labute approximate surface area is 322 Å². The van der Waals surface area contributed by atoms with Gasteiger partial charge in [-0.15, -0.1) is 11.3 Å². The molecule has 0 atom stereocenters. The summed E-state index contributed by atoms with van der Waals surface area (Å²) < 4.78 is 2.75. The number of fused-ring (bicyclic) bond motifs is 11. The molecule has 54 heavy (non-hydrogen) atoms. The van der Waals surface area contributed by atoms with Crippen LogP contribution in [0.1, 0.15) is 0 Å². The summed E-state index contributed by atoms with van der Waals surface area (Å²) >= 11 is 1.92. The van der Waals surface area contributed by atoms with Crippen molar-refractivity contribution in [1.82, 2.24) is 0 Å². The van der Waals surface area contributed by atoms with Gasteiger partial charge >= 0.3 is 0 Å². The number of nitrogens with zero attached hydrogens (tertiary/aromatic N) is 1. The molecular weight excluding hydrogens is 703 g/mol. The van der Waals surface area contributed by atoms with Crippen LogP contribution in [0.2, 0.25) is 26.2 Å². The van der Waals surface area contributed by atoms with Crippen molar-refractivity contribution in [3.63, 3.8) is 0 Å². The normalized spacial score (nSPS) is 14.6. The van der Waals surface area contributed by atoms with Crippen molar-refractivity contribution in [3.05, 3.63) is 164 Å². The molecule has 9 aromatic rings. The Morgan fingerprint density at radius 3 is 2.02 bits per heavy atom. The van der Waals surface area contributed by atoms with Crippen LogP contribution in [0.5, 0.6) is 0 Å². The lowest BCUT2D eigenvalue weighted by atomic mass is 9.98. The molecule has 3 heterocycles. The molecule has 8 aromatic carbocycles. The Morgan fingerprint density at radius 2 is 1.11 bits per heavy atom. The van der Waals surface area contributed by atoms with E-state index in [9.17, 15) is 0 Å². The first-order valence-electron chi connectivity index (χ1n) is 19.0. The summed E-state index contributed by atoms with van der Waals surface area (Å²) in [6, 6.07) is 62.2. The standard InChI is InChI=1S/C50H39NSSi2/c1-53(2)44-21-10-8-18-39(44)48-41(19-12-22-45(48)53)51(36-16-11-15-34(30-36)35-24-23-32-13-5-6-14-33(32)29-35)37-25-26-40-47(31-37)54(3,4)46-28-27-43-49(50(40)46)38-17-7-9-20-42(38)52-43/h5-31H,1-4H3. The van der Waals surface area contributed by atoms with E-state index in [2.05, 4.69) is 195 Å².